The van der Waals surface area contributed by atoms with Crippen LogP contribution in [0.3, 0.4) is 0 Å². The Morgan fingerprint density at radius 1 is 1.50 bits per heavy atom. The van der Waals surface area contributed by atoms with Gasteiger partial charge in [-0.25, -0.2) is 0 Å². The zero-order chi connectivity index (χ0) is 14.5. The monoisotopic (exact) mass is 275 g/mol. The smallest absolute Gasteiger partial charge is 0.222 e. The first-order valence-electron chi connectivity index (χ1n) is 7.43. The Kier molecular flexibility index (Phi) is 5.12. The summed E-state index contributed by atoms with van der Waals surface area (Å²) in [6, 6.07) is 4.39. The number of nitrogens with zero attached hydrogens (tertiary/aromatic N) is 3. The highest BCUT2D eigenvalue weighted by Crippen LogP contribution is 2.20. The lowest BCUT2D eigenvalue weighted by Crippen LogP contribution is -2.46. The molecule has 0 spiro atoms. The van der Waals surface area contributed by atoms with Crippen LogP contribution in [0.1, 0.15) is 32.3 Å². The summed E-state index contributed by atoms with van der Waals surface area (Å²) in [4.78, 5) is 20.4. The molecule has 110 valence electrons. The molecular formula is C16H25N3O. The maximum Gasteiger partial charge on any atom is 0.222 e. The summed E-state index contributed by atoms with van der Waals surface area (Å²) in [7, 11) is 2.14. The van der Waals surface area contributed by atoms with Crippen LogP contribution in [0.2, 0.25) is 0 Å². The maximum atomic E-state index is 11.9. The van der Waals surface area contributed by atoms with E-state index in [9.17, 15) is 4.79 Å². The molecule has 2 rings (SSSR count). The maximum absolute atomic E-state index is 11.9. The third-order valence-corrected chi connectivity index (χ3v) is 3.91. The topological polar surface area (TPSA) is 36.4 Å². The van der Waals surface area contributed by atoms with E-state index in [0.717, 1.165) is 26.1 Å². The van der Waals surface area contributed by atoms with Gasteiger partial charge in [-0.2, -0.15) is 0 Å². The number of likely N-dealkylation sites (tertiary alicyclic amines) is 1. The van der Waals surface area contributed by atoms with Crippen molar-refractivity contribution < 1.29 is 4.79 Å². The molecule has 1 aliphatic rings. The number of carbonyl (C=O) groups is 1. The lowest BCUT2D eigenvalue weighted by molar-refractivity contribution is -0.136. The Balaban J connectivity index is 1.85. The van der Waals surface area contributed by atoms with Crippen LogP contribution in [0.5, 0.6) is 0 Å². The van der Waals surface area contributed by atoms with Crippen LogP contribution >= 0.6 is 0 Å². The van der Waals surface area contributed by atoms with E-state index in [2.05, 4.69) is 36.8 Å². The first kappa shape index (κ1) is 15.0. The molecule has 0 bridgehead atoms. The van der Waals surface area contributed by atoms with Crippen molar-refractivity contribution in [3.05, 3.63) is 30.1 Å². The second-order valence-corrected chi connectivity index (χ2v) is 6.10. The fourth-order valence-electron chi connectivity index (χ4n) is 2.90. The predicted molar refractivity (Wildman–Crippen MR) is 80.1 cm³/mol. The van der Waals surface area contributed by atoms with Crippen molar-refractivity contribution in [1.82, 2.24) is 14.8 Å². The van der Waals surface area contributed by atoms with Crippen LogP contribution in [0.15, 0.2) is 24.5 Å². The van der Waals surface area contributed by atoms with Crippen molar-refractivity contribution in [2.75, 3.05) is 20.1 Å². The third-order valence-electron chi connectivity index (χ3n) is 3.91. The van der Waals surface area contributed by atoms with Gasteiger partial charge in [0.25, 0.3) is 0 Å². The highest BCUT2D eigenvalue weighted by Gasteiger charge is 2.27. The van der Waals surface area contributed by atoms with E-state index < -0.39 is 0 Å². The van der Waals surface area contributed by atoms with Crippen LogP contribution in [0, 0.1) is 5.92 Å². The van der Waals surface area contributed by atoms with Gasteiger partial charge >= 0.3 is 0 Å². The normalized spacial score (nSPS) is 19.9. The third kappa shape index (κ3) is 4.04. The first-order valence-corrected chi connectivity index (χ1v) is 7.43. The van der Waals surface area contributed by atoms with Crippen LogP contribution in [0.25, 0.3) is 0 Å². The molecule has 1 amide bonds. The summed E-state index contributed by atoms with van der Waals surface area (Å²) >= 11 is 0. The fraction of sp³-hybridized carbons (Fsp3) is 0.625. The Bertz CT molecular complexity index is 433. The second kappa shape index (κ2) is 6.84. The molecule has 0 aromatic carbocycles. The lowest BCUT2D eigenvalue weighted by atomic mass is 9.96. The van der Waals surface area contributed by atoms with E-state index in [1.807, 2.05) is 17.2 Å². The van der Waals surface area contributed by atoms with Gasteiger partial charge in [-0.1, -0.05) is 6.07 Å². The van der Waals surface area contributed by atoms with E-state index in [-0.39, 0.29) is 0 Å². The number of hydrogen-bond acceptors (Lipinski definition) is 3. The number of amides is 1. The molecule has 1 unspecified atom stereocenters. The molecule has 20 heavy (non-hydrogen) atoms. The molecule has 0 saturated carbocycles. The molecule has 1 aromatic heterocycles. The van der Waals surface area contributed by atoms with Crippen LogP contribution < -0.4 is 0 Å². The number of hydrogen-bond donors (Lipinski definition) is 0. The fourth-order valence-corrected chi connectivity index (χ4v) is 2.90. The predicted octanol–water partition coefficient (Wildman–Crippen LogP) is 2.16. The van der Waals surface area contributed by atoms with E-state index >= 15 is 0 Å². The first-order chi connectivity index (χ1) is 9.56. The number of piperidine rings is 1. The van der Waals surface area contributed by atoms with Crippen molar-refractivity contribution in [3.8, 4) is 0 Å². The molecule has 1 saturated heterocycles. The molecular weight excluding hydrogens is 250 g/mol. The van der Waals surface area contributed by atoms with Gasteiger partial charge in [0.15, 0.2) is 0 Å². The quantitative estimate of drug-likeness (QED) is 0.826. The number of pyridine rings is 1. The van der Waals surface area contributed by atoms with Crippen LogP contribution in [-0.2, 0) is 11.3 Å². The van der Waals surface area contributed by atoms with E-state index in [0.29, 0.717) is 24.3 Å². The van der Waals surface area contributed by atoms with E-state index in [1.165, 1.54) is 5.56 Å². The summed E-state index contributed by atoms with van der Waals surface area (Å²) in [5.74, 6) is 0.892. The second-order valence-electron chi connectivity index (χ2n) is 6.10. The van der Waals surface area contributed by atoms with Gasteiger partial charge in [0, 0.05) is 44.5 Å². The summed E-state index contributed by atoms with van der Waals surface area (Å²) in [5.41, 5.74) is 1.24. The van der Waals surface area contributed by atoms with Gasteiger partial charge in [-0.05, 0) is 44.9 Å². The standard InChI is InChI=1S/C16H25N3O/c1-13(2)19-12-15(6-7-16(19)20)11-18(3)10-14-5-4-8-17-9-14/h4-5,8-9,13,15H,6-7,10-12H2,1-3H3. The molecule has 1 atom stereocenters. The largest absolute Gasteiger partial charge is 0.340 e. The van der Waals surface area contributed by atoms with Gasteiger partial charge in [-0.3, -0.25) is 9.78 Å². The summed E-state index contributed by atoms with van der Waals surface area (Å²) in [5, 5.41) is 0. The van der Waals surface area contributed by atoms with Gasteiger partial charge in [-0.15, -0.1) is 0 Å². The molecule has 0 N–H and O–H groups in total. The molecule has 4 heteroatoms. The average Bonchev–Trinajstić information content (AvgIpc) is 2.41. The molecule has 1 fully saturated rings. The van der Waals surface area contributed by atoms with Crippen LogP contribution in [0.4, 0.5) is 0 Å². The van der Waals surface area contributed by atoms with Crippen molar-refractivity contribution in [1.29, 1.82) is 0 Å². The van der Waals surface area contributed by atoms with Gasteiger partial charge in [0.1, 0.15) is 0 Å². The molecule has 0 radical (unpaired) electrons. The van der Waals surface area contributed by atoms with Crippen LogP contribution in [-0.4, -0.2) is 46.9 Å². The van der Waals surface area contributed by atoms with Crippen molar-refractivity contribution in [2.24, 2.45) is 5.92 Å². The van der Waals surface area contributed by atoms with Gasteiger partial charge in [0.2, 0.25) is 5.91 Å². The Labute approximate surface area is 121 Å². The molecule has 0 aliphatic carbocycles. The molecule has 1 aliphatic heterocycles. The van der Waals surface area contributed by atoms with Gasteiger partial charge < -0.3 is 9.80 Å². The summed E-state index contributed by atoms with van der Waals surface area (Å²) in [6.45, 7) is 7.04. The van der Waals surface area contributed by atoms with E-state index in [1.54, 1.807) is 6.20 Å². The zero-order valence-electron chi connectivity index (χ0n) is 12.7. The van der Waals surface area contributed by atoms with Crippen molar-refractivity contribution in [2.45, 2.75) is 39.3 Å². The highest BCUT2D eigenvalue weighted by atomic mass is 16.2. The Morgan fingerprint density at radius 3 is 2.95 bits per heavy atom. The number of aromatic nitrogens is 1. The minimum Gasteiger partial charge on any atom is -0.340 e. The lowest BCUT2D eigenvalue weighted by Gasteiger charge is -2.37. The zero-order valence-corrected chi connectivity index (χ0v) is 12.7. The van der Waals surface area contributed by atoms with E-state index in [4.69, 9.17) is 0 Å². The Hall–Kier alpha value is -1.42. The highest BCUT2D eigenvalue weighted by molar-refractivity contribution is 5.77. The van der Waals surface area contributed by atoms with Gasteiger partial charge in [0.05, 0.1) is 0 Å². The average molecular weight is 275 g/mol. The van der Waals surface area contributed by atoms with Crippen molar-refractivity contribution in [3.63, 3.8) is 0 Å². The minimum atomic E-state index is 0.311. The molecule has 4 nitrogen and oxygen atoms in total. The number of rotatable bonds is 5. The minimum absolute atomic E-state index is 0.311. The molecule has 2 heterocycles. The summed E-state index contributed by atoms with van der Waals surface area (Å²) < 4.78 is 0. The Morgan fingerprint density at radius 2 is 2.30 bits per heavy atom. The summed E-state index contributed by atoms with van der Waals surface area (Å²) in [6.07, 6.45) is 5.43. The van der Waals surface area contributed by atoms with Crippen molar-refractivity contribution >= 4 is 5.91 Å². The number of carbonyl (C=O) groups excluding carboxylic acids is 1. The molecule has 1 aromatic rings. The SMILES string of the molecule is CC(C)N1CC(CN(C)Cc2cccnc2)CCC1=O.